The predicted octanol–water partition coefficient (Wildman–Crippen LogP) is 4.69. The minimum absolute atomic E-state index is 0.624. The normalized spacial score (nSPS) is 16.7. The Kier molecular flexibility index (Phi) is 5.04. The summed E-state index contributed by atoms with van der Waals surface area (Å²) < 4.78 is 2.43. The molecule has 0 aliphatic heterocycles. The molecular formula is C18H26ClN3. The fraction of sp³-hybridized carbons (Fsp3) is 0.611. The molecular weight excluding hydrogens is 294 g/mol. The van der Waals surface area contributed by atoms with Gasteiger partial charge in [-0.3, -0.25) is 0 Å². The van der Waals surface area contributed by atoms with Crippen molar-refractivity contribution in [1.29, 1.82) is 0 Å². The third-order valence-electron chi connectivity index (χ3n) is 4.70. The van der Waals surface area contributed by atoms with Crippen LogP contribution in [0, 0.1) is 0 Å². The number of rotatable bonds is 5. The van der Waals surface area contributed by atoms with Gasteiger partial charge in [0.2, 0.25) is 0 Å². The summed E-state index contributed by atoms with van der Waals surface area (Å²) in [5.74, 6) is 1.91. The molecule has 22 heavy (non-hydrogen) atoms. The maximum Gasteiger partial charge on any atom is 0.112 e. The van der Waals surface area contributed by atoms with E-state index in [1.54, 1.807) is 0 Å². The molecule has 0 atom stereocenters. The van der Waals surface area contributed by atoms with Crippen LogP contribution in [0.1, 0.15) is 50.3 Å². The number of fused-ring (bicyclic) bond motifs is 1. The van der Waals surface area contributed by atoms with E-state index in [1.165, 1.54) is 43.4 Å². The predicted molar refractivity (Wildman–Crippen MR) is 93.7 cm³/mol. The highest BCUT2D eigenvalue weighted by atomic mass is 35.5. The van der Waals surface area contributed by atoms with Crippen molar-refractivity contribution in [3.05, 3.63) is 29.0 Å². The summed E-state index contributed by atoms with van der Waals surface area (Å²) in [6.07, 6.45) is 7.77. The summed E-state index contributed by atoms with van der Waals surface area (Å²) in [7, 11) is 4.26. The molecule has 3 rings (SSSR count). The highest BCUT2D eigenvalue weighted by Crippen LogP contribution is 2.34. The van der Waals surface area contributed by atoms with Gasteiger partial charge in [0.1, 0.15) is 5.82 Å². The van der Waals surface area contributed by atoms with Crippen molar-refractivity contribution >= 4 is 22.6 Å². The molecule has 0 saturated heterocycles. The average molecular weight is 320 g/mol. The molecule has 1 fully saturated rings. The van der Waals surface area contributed by atoms with Crippen LogP contribution in [0.5, 0.6) is 0 Å². The smallest absolute Gasteiger partial charge is 0.112 e. The van der Waals surface area contributed by atoms with Gasteiger partial charge in [-0.25, -0.2) is 4.98 Å². The molecule has 1 aromatic carbocycles. The van der Waals surface area contributed by atoms with Crippen LogP contribution in [0.3, 0.4) is 0 Å². The van der Waals surface area contributed by atoms with Crippen molar-refractivity contribution in [2.24, 2.45) is 0 Å². The third-order valence-corrected chi connectivity index (χ3v) is 4.93. The molecule has 0 spiro atoms. The van der Waals surface area contributed by atoms with E-state index in [1.807, 2.05) is 6.07 Å². The molecule has 0 unspecified atom stereocenters. The van der Waals surface area contributed by atoms with Crippen LogP contribution in [0.15, 0.2) is 18.2 Å². The summed E-state index contributed by atoms with van der Waals surface area (Å²) in [4.78, 5) is 7.21. The van der Waals surface area contributed by atoms with Crippen molar-refractivity contribution < 1.29 is 0 Å². The first kappa shape index (κ1) is 15.8. The SMILES string of the molecule is CN(C)CCCn1c(C2CCCCC2)nc2ccc(Cl)cc21. The molecule has 1 aliphatic carbocycles. The van der Waals surface area contributed by atoms with Gasteiger partial charge in [-0.15, -0.1) is 0 Å². The van der Waals surface area contributed by atoms with Crippen molar-refractivity contribution in [2.75, 3.05) is 20.6 Å². The van der Waals surface area contributed by atoms with E-state index in [9.17, 15) is 0 Å². The van der Waals surface area contributed by atoms with Gasteiger partial charge in [-0.2, -0.15) is 0 Å². The second-order valence-electron chi connectivity index (χ2n) is 6.75. The Morgan fingerprint density at radius 1 is 1.23 bits per heavy atom. The number of benzene rings is 1. The molecule has 120 valence electrons. The van der Waals surface area contributed by atoms with Gasteiger partial charge < -0.3 is 9.47 Å². The number of aromatic nitrogens is 2. The highest BCUT2D eigenvalue weighted by molar-refractivity contribution is 6.31. The van der Waals surface area contributed by atoms with Crippen molar-refractivity contribution in [1.82, 2.24) is 14.5 Å². The van der Waals surface area contributed by atoms with Gasteiger partial charge >= 0.3 is 0 Å². The number of hydrogen-bond donors (Lipinski definition) is 0. The van der Waals surface area contributed by atoms with E-state index in [0.29, 0.717) is 5.92 Å². The number of imidazole rings is 1. The lowest BCUT2D eigenvalue weighted by Crippen LogP contribution is -2.17. The van der Waals surface area contributed by atoms with Crippen LogP contribution >= 0.6 is 11.6 Å². The van der Waals surface area contributed by atoms with Crippen molar-refractivity contribution in [2.45, 2.75) is 51.0 Å². The molecule has 3 nitrogen and oxygen atoms in total. The van der Waals surface area contributed by atoms with Crippen LogP contribution in [-0.2, 0) is 6.54 Å². The van der Waals surface area contributed by atoms with Crippen molar-refractivity contribution in [3.63, 3.8) is 0 Å². The van der Waals surface area contributed by atoms with Crippen molar-refractivity contribution in [3.8, 4) is 0 Å². The molecule has 0 amide bonds. The zero-order valence-corrected chi connectivity index (χ0v) is 14.4. The zero-order valence-electron chi connectivity index (χ0n) is 13.7. The summed E-state index contributed by atoms with van der Waals surface area (Å²) >= 11 is 6.22. The molecule has 1 aromatic heterocycles. The van der Waals surface area contributed by atoms with Crippen LogP contribution < -0.4 is 0 Å². The Labute approximate surface area is 138 Å². The number of halogens is 1. The molecule has 0 N–H and O–H groups in total. The Bertz CT molecular complexity index is 627. The maximum atomic E-state index is 6.22. The van der Waals surface area contributed by atoms with Crippen LogP contribution in [0.4, 0.5) is 0 Å². The number of nitrogens with zero attached hydrogens (tertiary/aromatic N) is 3. The summed E-state index contributed by atoms with van der Waals surface area (Å²) in [6, 6.07) is 6.09. The average Bonchev–Trinajstić information content (AvgIpc) is 2.86. The Morgan fingerprint density at radius 3 is 2.73 bits per heavy atom. The summed E-state index contributed by atoms with van der Waals surface area (Å²) in [5.41, 5.74) is 2.29. The number of aryl methyl sites for hydroxylation is 1. The quantitative estimate of drug-likeness (QED) is 0.797. The van der Waals surface area contributed by atoms with Gasteiger partial charge in [0.15, 0.2) is 0 Å². The second kappa shape index (κ2) is 7.01. The van der Waals surface area contributed by atoms with Crippen LogP contribution in [-0.4, -0.2) is 35.1 Å². The van der Waals surface area contributed by atoms with E-state index < -0.39 is 0 Å². The lowest BCUT2D eigenvalue weighted by molar-refractivity contribution is 0.377. The Balaban J connectivity index is 1.93. The first-order valence-corrected chi connectivity index (χ1v) is 8.83. The van der Waals surface area contributed by atoms with Gasteiger partial charge in [-0.05, 0) is 58.1 Å². The molecule has 4 heteroatoms. The van der Waals surface area contributed by atoms with Crippen LogP contribution in [0.2, 0.25) is 5.02 Å². The third kappa shape index (κ3) is 3.47. The van der Waals surface area contributed by atoms with Gasteiger partial charge in [0.25, 0.3) is 0 Å². The minimum Gasteiger partial charge on any atom is -0.328 e. The Hall–Kier alpha value is -1.06. The van der Waals surface area contributed by atoms with Gasteiger partial charge in [0, 0.05) is 17.5 Å². The standard InChI is InChI=1S/C18H26ClN3/c1-21(2)11-6-12-22-17-13-15(19)9-10-16(17)20-18(22)14-7-4-3-5-8-14/h9-10,13-14H,3-8,11-12H2,1-2H3. The van der Waals surface area contributed by atoms with Crippen LogP contribution in [0.25, 0.3) is 11.0 Å². The molecule has 0 radical (unpaired) electrons. The molecule has 1 saturated carbocycles. The minimum atomic E-state index is 0.624. The van der Waals surface area contributed by atoms with E-state index in [0.717, 1.165) is 30.0 Å². The van der Waals surface area contributed by atoms with E-state index in [4.69, 9.17) is 16.6 Å². The monoisotopic (exact) mass is 319 g/mol. The summed E-state index contributed by atoms with van der Waals surface area (Å²) in [5, 5.41) is 0.802. The van der Waals surface area contributed by atoms with E-state index in [2.05, 4.69) is 35.7 Å². The lowest BCUT2D eigenvalue weighted by Gasteiger charge is -2.22. The van der Waals surface area contributed by atoms with Gasteiger partial charge in [0.05, 0.1) is 11.0 Å². The number of hydrogen-bond acceptors (Lipinski definition) is 2. The fourth-order valence-electron chi connectivity index (χ4n) is 3.57. The summed E-state index contributed by atoms with van der Waals surface area (Å²) in [6.45, 7) is 2.13. The lowest BCUT2D eigenvalue weighted by atomic mass is 9.88. The van der Waals surface area contributed by atoms with E-state index >= 15 is 0 Å². The molecule has 1 heterocycles. The Morgan fingerprint density at radius 2 is 2.00 bits per heavy atom. The van der Waals surface area contributed by atoms with E-state index in [-0.39, 0.29) is 0 Å². The largest absolute Gasteiger partial charge is 0.328 e. The molecule has 2 aromatic rings. The molecule has 0 bridgehead atoms. The maximum absolute atomic E-state index is 6.22. The zero-order chi connectivity index (χ0) is 15.5. The van der Waals surface area contributed by atoms with Gasteiger partial charge in [-0.1, -0.05) is 30.9 Å². The second-order valence-corrected chi connectivity index (χ2v) is 7.18. The first-order valence-electron chi connectivity index (χ1n) is 8.45. The topological polar surface area (TPSA) is 21.1 Å². The first-order chi connectivity index (χ1) is 10.6. The molecule has 1 aliphatic rings. The highest BCUT2D eigenvalue weighted by Gasteiger charge is 2.22. The fourth-order valence-corrected chi connectivity index (χ4v) is 3.73.